The maximum Gasteiger partial charge on any atom is 0.125 e. The van der Waals surface area contributed by atoms with E-state index in [-0.39, 0.29) is 6.10 Å². The molecule has 1 heterocycles. The molecule has 2 atom stereocenters. The number of ether oxygens (including phenoxy) is 2. The second kappa shape index (κ2) is 3.50. The van der Waals surface area contributed by atoms with Gasteiger partial charge in [-0.05, 0) is 25.1 Å². The summed E-state index contributed by atoms with van der Waals surface area (Å²) in [5.74, 6) is 1.51. The van der Waals surface area contributed by atoms with Crippen LogP contribution in [0.2, 0.25) is 0 Å². The predicted molar refractivity (Wildman–Crippen MR) is 52.7 cm³/mol. The molecule has 0 bridgehead atoms. The number of hydrogen-bond acceptors (Lipinski definition) is 3. The first-order chi connectivity index (χ1) is 6.70. The molecule has 1 aromatic rings. The summed E-state index contributed by atoms with van der Waals surface area (Å²) >= 11 is 0. The lowest BCUT2D eigenvalue weighted by atomic mass is 9.99. The number of benzene rings is 1. The van der Waals surface area contributed by atoms with Crippen LogP contribution >= 0.6 is 0 Å². The minimum absolute atomic E-state index is 0.0749. The average molecular weight is 194 g/mol. The number of aliphatic hydroxyl groups is 1. The third-order valence-electron chi connectivity index (χ3n) is 2.46. The summed E-state index contributed by atoms with van der Waals surface area (Å²) in [5, 5.41) is 9.82. The highest BCUT2D eigenvalue weighted by molar-refractivity contribution is 5.42. The van der Waals surface area contributed by atoms with Gasteiger partial charge in [-0.15, -0.1) is 0 Å². The van der Waals surface area contributed by atoms with Gasteiger partial charge in [-0.1, -0.05) is 0 Å². The summed E-state index contributed by atoms with van der Waals surface area (Å²) in [6.45, 7) is 1.95. The van der Waals surface area contributed by atoms with Crippen LogP contribution in [0.4, 0.5) is 0 Å². The van der Waals surface area contributed by atoms with Crippen LogP contribution in [0, 0.1) is 0 Å². The molecule has 0 saturated carbocycles. The van der Waals surface area contributed by atoms with Crippen LogP contribution < -0.4 is 9.47 Å². The van der Waals surface area contributed by atoms with Crippen LogP contribution in [0.25, 0.3) is 0 Å². The van der Waals surface area contributed by atoms with Crippen LogP contribution in [0.5, 0.6) is 11.5 Å². The van der Waals surface area contributed by atoms with Gasteiger partial charge in [0.2, 0.25) is 0 Å². The fourth-order valence-corrected chi connectivity index (χ4v) is 1.73. The van der Waals surface area contributed by atoms with Gasteiger partial charge in [0.15, 0.2) is 0 Å². The maximum absolute atomic E-state index is 9.82. The van der Waals surface area contributed by atoms with E-state index in [1.165, 1.54) is 0 Å². The lowest BCUT2D eigenvalue weighted by Crippen LogP contribution is -2.22. The van der Waals surface area contributed by atoms with Crippen molar-refractivity contribution in [2.75, 3.05) is 7.11 Å². The van der Waals surface area contributed by atoms with Gasteiger partial charge in [-0.2, -0.15) is 0 Å². The van der Waals surface area contributed by atoms with Crippen LogP contribution in [-0.4, -0.2) is 18.3 Å². The van der Waals surface area contributed by atoms with E-state index < -0.39 is 6.10 Å². The molecule has 2 rings (SSSR count). The van der Waals surface area contributed by atoms with Gasteiger partial charge in [-0.3, -0.25) is 0 Å². The molecular weight excluding hydrogens is 180 g/mol. The zero-order valence-electron chi connectivity index (χ0n) is 8.36. The highest BCUT2D eigenvalue weighted by atomic mass is 16.5. The van der Waals surface area contributed by atoms with Gasteiger partial charge >= 0.3 is 0 Å². The summed E-state index contributed by atoms with van der Waals surface area (Å²) in [7, 11) is 1.61. The van der Waals surface area contributed by atoms with Crippen molar-refractivity contribution in [2.24, 2.45) is 0 Å². The highest BCUT2D eigenvalue weighted by Crippen LogP contribution is 2.36. The first-order valence-corrected chi connectivity index (χ1v) is 4.73. The van der Waals surface area contributed by atoms with Gasteiger partial charge in [-0.25, -0.2) is 0 Å². The quantitative estimate of drug-likeness (QED) is 0.742. The molecule has 1 aromatic carbocycles. The van der Waals surface area contributed by atoms with E-state index in [0.717, 1.165) is 17.1 Å². The van der Waals surface area contributed by atoms with Crippen molar-refractivity contribution in [2.45, 2.75) is 25.6 Å². The van der Waals surface area contributed by atoms with Crippen molar-refractivity contribution in [1.29, 1.82) is 0 Å². The van der Waals surface area contributed by atoms with Crippen LogP contribution in [0.3, 0.4) is 0 Å². The largest absolute Gasteiger partial charge is 0.497 e. The number of methoxy groups -OCH3 is 1. The maximum atomic E-state index is 9.82. The zero-order valence-corrected chi connectivity index (χ0v) is 8.36. The fraction of sp³-hybridized carbons (Fsp3) is 0.455. The monoisotopic (exact) mass is 194 g/mol. The van der Waals surface area contributed by atoms with Gasteiger partial charge in [0, 0.05) is 12.0 Å². The molecule has 3 nitrogen and oxygen atoms in total. The number of hydrogen-bond donors (Lipinski definition) is 1. The highest BCUT2D eigenvalue weighted by Gasteiger charge is 2.24. The van der Waals surface area contributed by atoms with Crippen molar-refractivity contribution in [3.63, 3.8) is 0 Å². The Balaban J connectivity index is 2.39. The first kappa shape index (κ1) is 9.34. The molecule has 0 amide bonds. The lowest BCUT2D eigenvalue weighted by Gasteiger charge is -2.27. The van der Waals surface area contributed by atoms with E-state index in [2.05, 4.69) is 0 Å². The second-order valence-electron chi connectivity index (χ2n) is 3.58. The van der Waals surface area contributed by atoms with Gasteiger partial charge < -0.3 is 14.6 Å². The standard InChI is InChI=1S/C11H14O3/c1-7-5-10(12)9-6-8(13-2)3-4-11(9)14-7/h3-4,6-7,10,12H,5H2,1-2H3/t7?,10-/m1/s1. The Kier molecular flexibility index (Phi) is 2.33. The Labute approximate surface area is 83.3 Å². The molecule has 0 radical (unpaired) electrons. The molecule has 3 heteroatoms. The zero-order chi connectivity index (χ0) is 10.1. The minimum Gasteiger partial charge on any atom is -0.497 e. The summed E-state index contributed by atoms with van der Waals surface area (Å²) in [4.78, 5) is 0. The Morgan fingerprint density at radius 2 is 2.29 bits per heavy atom. The third-order valence-corrected chi connectivity index (χ3v) is 2.46. The molecule has 1 aliphatic heterocycles. The molecule has 0 spiro atoms. The van der Waals surface area contributed by atoms with Crippen molar-refractivity contribution >= 4 is 0 Å². The lowest BCUT2D eigenvalue weighted by molar-refractivity contribution is 0.0746. The molecule has 1 N–H and O–H groups in total. The summed E-state index contributed by atoms with van der Waals surface area (Å²) in [5.41, 5.74) is 0.822. The Hall–Kier alpha value is -1.22. The average Bonchev–Trinajstić information content (AvgIpc) is 2.17. The molecule has 0 aromatic heterocycles. The minimum atomic E-state index is -0.441. The van der Waals surface area contributed by atoms with Gasteiger partial charge in [0.25, 0.3) is 0 Å². The Morgan fingerprint density at radius 3 is 3.00 bits per heavy atom. The van der Waals surface area contributed by atoms with E-state index in [0.29, 0.717) is 6.42 Å². The van der Waals surface area contributed by atoms with Crippen molar-refractivity contribution in [3.8, 4) is 11.5 Å². The molecule has 14 heavy (non-hydrogen) atoms. The Bertz CT molecular complexity index is 335. The van der Waals surface area contributed by atoms with Gasteiger partial charge in [0.1, 0.15) is 11.5 Å². The van der Waals surface area contributed by atoms with Crippen LogP contribution in [0.15, 0.2) is 18.2 Å². The Morgan fingerprint density at radius 1 is 1.50 bits per heavy atom. The first-order valence-electron chi connectivity index (χ1n) is 4.73. The summed E-state index contributed by atoms with van der Waals surface area (Å²) in [6.07, 6.45) is 0.273. The number of aliphatic hydroxyl groups excluding tert-OH is 1. The molecule has 76 valence electrons. The van der Waals surface area contributed by atoms with Crippen LogP contribution in [-0.2, 0) is 0 Å². The SMILES string of the molecule is COc1ccc2c(c1)[C@H](O)CC(C)O2. The smallest absolute Gasteiger partial charge is 0.125 e. The van der Waals surface area contributed by atoms with E-state index in [1.54, 1.807) is 7.11 Å². The summed E-state index contributed by atoms with van der Waals surface area (Å²) in [6, 6.07) is 5.50. The van der Waals surface area contributed by atoms with E-state index >= 15 is 0 Å². The molecule has 1 aliphatic rings. The number of fused-ring (bicyclic) bond motifs is 1. The summed E-state index contributed by atoms with van der Waals surface area (Å²) < 4.78 is 10.7. The number of rotatable bonds is 1. The van der Waals surface area contributed by atoms with Crippen molar-refractivity contribution in [1.82, 2.24) is 0 Å². The topological polar surface area (TPSA) is 38.7 Å². The van der Waals surface area contributed by atoms with Crippen molar-refractivity contribution < 1.29 is 14.6 Å². The second-order valence-corrected chi connectivity index (χ2v) is 3.58. The van der Waals surface area contributed by atoms with E-state index in [9.17, 15) is 5.11 Å². The molecular formula is C11H14O3. The predicted octanol–water partition coefficient (Wildman–Crippen LogP) is 1.90. The normalized spacial score (nSPS) is 25.1. The van der Waals surface area contributed by atoms with Crippen molar-refractivity contribution in [3.05, 3.63) is 23.8 Å². The third kappa shape index (κ3) is 1.55. The van der Waals surface area contributed by atoms with Crippen LogP contribution in [0.1, 0.15) is 25.0 Å². The van der Waals surface area contributed by atoms with Gasteiger partial charge in [0.05, 0.1) is 19.3 Å². The fourth-order valence-electron chi connectivity index (χ4n) is 1.73. The molecule has 0 fully saturated rings. The molecule has 0 aliphatic carbocycles. The van der Waals surface area contributed by atoms with E-state index in [4.69, 9.17) is 9.47 Å². The molecule has 0 saturated heterocycles. The van der Waals surface area contributed by atoms with E-state index in [1.807, 2.05) is 25.1 Å². The molecule has 1 unspecified atom stereocenters.